The Bertz CT molecular complexity index is 544. The summed E-state index contributed by atoms with van der Waals surface area (Å²) in [6, 6.07) is 4.78. The molecule has 2 heterocycles. The molecule has 3 rings (SSSR count). The number of hydrogen-bond donors (Lipinski definition) is 1. The minimum atomic E-state index is 0.714. The number of nitrogens with zero attached hydrogens (tertiary/aromatic N) is 2. The average molecular weight is 287 g/mol. The predicted molar refractivity (Wildman–Crippen MR) is 83.8 cm³/mol. The Morgan fingerprint density at radius 2 is 2.00 bits per heavy atom. The largest absolute Gasteiger partial charge is 0.309 e. The van der Waals surface area contributed by atoms with E-state index in [9.17, 15) is 0 Å². The molecule has 0 aromatic carbocycles. The molecule has 0 atom stereocenters. The van der Waals surface area contributed by atoms with E-state index in [2.05, 4.69) is 17.2 Å². The van der Waals surface area contributed by atoms with Crippen LogP contribution in [-0.2, 0) is 13.0 Å². The second kappa shape index (κ2) is 6.46. The quantitative estimate of drug-likeness (QED) is 0.909. The van der Waals surface area contributed by atoms with E-state index in [1.165, 1.54) is 41.8 Å². The van der Waals surface area contributed by atoms with Gasteiger partial charge >= 0.3 is 0 Å². The van der Waals surface area contributed by atoms with Crippen molar-refractivity contribution in [3.63, 3.8) is 0 Å². The highest BCUT2D eigenvalue weighted by molar-refractivity contribution is 7.15. The SMILES string of the molecule is CCc1nc(-c2ccncc2)sc1CNC1CCCC1. The summed E-state index contributed by atoms with van der Waals surface area (Å²) in [5, 5.41) is 4.81. The lowest BCUT2D eigenvalue weighted by atomic mass is 10.2. The van der Waals surface area contributed by atoms with Gasteiger partial charge in [0.15, 0.2) is 0 Å². The van der Waals surface area contributed by atoms with E-state index in [1.54, 1.807) is 0 Å². The van der Waals surface area contributed by atoms with Crippen LogP contribution in [0.25, 0.3) is 10.6 Å². The molecule has 0 aliphatic heterocycles. The molecule has 1 saturated carbocycles. The van der Waals surface area contributed by atoms with Crippen LogP contribution in [0.1, 0.15) is 43.2 Å². The average Bonchev–Trinajstić information content (AvgIpc) is 3.15. The summed E-state index contributed by atoms with van der Waals surface area (Å²) in [7, 11) is 0. The van der Waals surface area contributed by atoms with Crippen molar-refractivity contribution in [1.82, 2.24) is 15.3 Å². The maximum atomic E-state index is 4.79. The fourth-order valence-corrected chi connectivity index (χ4v) is 3.89. The normalized spacial score (nSPS) is 15.8. The van der Waals surface area contributed by atoms with Crippen LogP contribution < -0.4 is 5.32 Å². The van der Waals surface area contributed by atoms with Crippen LogP contribution in [0, 0.1) is 0 Å². The fraction of sp³-hybridized carbons (Fsp3) is 0.500. The van der Waals surface area contributed by atoms with Gasteiger partial charge < -0.3 is 5.32 Å². The number of rotatable bonds is 5. The van der Waals surface area contributed by atoms with Gasteiger partial charge in [-0.2, -0.15) is 0 Å². The van der Waals surface area contributed by atoms with Crippen LogP contribution in [0.5, 0.6) is 0 Å². The van der Waals surface area contributed by atoms with Crippen molar-refractivity contribution in [2.45, 2.75) is 51.6 Å². The molecule has 1 N–H and O–H groups in total. The van der Waals surface area contributed by atoms with Gasteiger partial charge in [0.2, 0.25) is 0 Å². The van der Waals surface area contributed by atoms with Crippen molar-refractivity contribution in [2.24, 2.45) is 0 Å². The van der Waals surface area contributed by atoms with Crippen LogP contribution in [0.15, 0.2) is 24.5 Å². The van der Waals surface area contributed by atoms with Crippen molar-refractivity contribution in [3.8, 4) is 10.6 Å². The van der Waals surface area contributed by atoms with Crippen LogP contribution >= 0.6 is 11.3 Å². The molecule has 0 spiro atoms. The molecule has 0 radical (unpaired) electrons. The number of aromatic nitrogens is 2. The molecule has 20 heavy (non-hydrogen) atoms. The number of pyridine rings is 1. The van der Waals surface area contributed by atoms with E-state index in [1.807, 2.05) is 35.9 Å². The standard InChI is InChI=1S/C16H21N3S/c1-2-14-15(11-18-13-5-3-4-6-13)20-16(19-14)12-7-9-17-10-8-12/h7-10,13,18H,2-6,11H2,1H3. The number of nitrogens with one attached hydrogen (secondary N) is 1. The summed E-state index contributed by atoms with van der Waals surface area (Å²) >= 11 is 1.82. The first-order valence-electron chi connectivity index (χ1n) is 7.49. The van der Waals surface area contributed by atoms with Crippen LogP contribution in [-0.4, -0.2) is 16.0 Å². The molecule has 1 aliphatic carbocycles. The van der Waals surface area contributed by atoms with Gasteiger partial charge in [-0.05, 0) is 31.4 Å². The van der Waals surface area contributed by atoms with Crippen LogP contribution in [0.3, 0.4) is 0 Å². The molecule has 1 aliphatic rings. The van der Waals surface area contributed by atoms with Crippen molar-refractivity contribution >= 4 is 11.3 Å². The zero-order valence-corrected chi connectivity index (χ0v) is 12.7. The minimum absolute atomic E-state index is 0.714. The van der Waals surface area contributed by atoms with Crippen molar-refractivity contribution in [3.05, 3.63) is 35.1 Å². The van der Waals surface area contributed by atoms with Crippen LogP contribution in [0.4, 0.5) is 0 Å². The van der Waals surface area contributed by atoms with Gasteiger partial charge in [0.25, 0.3) is 0 Å². The summed E-state index contributed by atoms with van der Waals surface area (Å²) < 4.78 is 0. The topological polar surface area (TPSA) is 37.8 Å². The Hall–Kier alpha value is -1.26. The molecular weight excluding hydrogens is 266 g/mol. The second-order valence-electron chi connectivity index (χ2n) is 5.34. The molecule has 106 valence electrons. The van der Waals surface area contributed by atoms with Crippen molar-refractivity contribution in [1.29, 1.82) is 0 Å². The predicted octanol–water partition coefficient (Wildman–Crippen LogP) is 3.80. The Balaban J connectivity index is 1.74. The highest BCUT2D eigenvalue weighted by atomic mass is 32.1. The molecule has 2 aromatic rings. The lowest BCUT2D eigenvalue weighted by molar-refractivity contribution is 0.525. The third-order valence-electron chi connectivity index (χ3n) is 3.95. The second-order valence-corrected chi connectivity index (χ2v) is 6.42. The molecule has 1 fully saturated rings. The lowest BCUT2D eigenvalue weighted by Gasteiger charge is -2.10. The Morgan fingerprint density at radius 1 is 1.25 bits per heavy atom. The fourth-order valence-electron chi connectivity index (χ4n) is 2.78. The number of hydrogen-bond acceptors (Lipinski definition) is 4. The summed E-state index contributed by atoms with van der Waals surface area (Å²) in [5.41, 5.74) is 2.42. The third-order valence-corrected chi connectivity index (χ3v) is 5.09. The summed E-state index contributed by atoms with van der Waals surface area (Å²) in [4.78, 5) is 10.3. The lowest BCUT2D eigenvalue weighted by Crippen LogP contribution is -2.25. The van der Waals surface area contributed by atoms with Gasteiger partial charge in [0.05, 0.1) is 5.69 Å². The maximum Gasteiger partial charge on any atom is 0.124 e. The maximum absolute atomic E-state index is 4.79. The van der Waals surface area contributed by atoms with Gasteiger partial charge in [-0.1, -0.05) is 19.8 Å². The number of thiazole rings is 1. The molecule has 0 bridgehead atoms. The van der Waals surface area contributed by atoms with Gasteiger partial charge in [0.1, 0.15) is 5.01 Å². The van der Waals surface area contributed by atoms with Crippen molar-refractivity contribution < 1.29 is 0 Å². The van der Waals surface area contributed by atoms with Gasteiger partial charge in [-0.3, -0.25) is 4.98 Å². The Kier molecular flexibility index (Phi) is 4.43. The summed E-state index contributed by atoms with van der Waals surface area (Å²) in [5.74, 6) is 0. The van der Waals surface area contributed by atoms with E-state index in [4.69, 9.17) is 4.98 Å². The monoisotopic (exact) mass is 287 g/mol. The molecule has 4 heteroatoms. The molecule has 0 unspecified atom stereocenters. The highest BCUT2D eigenvalue weighted by Crippen LogP contribution is 2.28. The summed E-state index contributed by atoms with van der Waals surface area (Å²) in [6.07, 6.45) is 10.1. The zero-order chi connectivity index (χ0) is 13.8. The Labute approximate surface area is 124 Å². The zero-order valence-electron chi connectivity index (χ0n) is 11.9. The van der Waals surface area contributed by atoms with Gasteiger partial charge in [-0.25, -0.2) is 4.98 Å². The van der Waals surface area contributed by atoms with E-state index in [0.29, 0.717) is 6.04 Å². The molecule has 0 saturated heterocycles. The minimum Gasteiger partial charge on any atom is -0.309 e. The molecule has 3 nitrogen and oxygen atoms in total. The van der Waals surface area contributed by atoms with E-state index >= 15 is 0 Å². The van der Waals surface area contributed by atoms with E-state index in [-0.39, 0.29) is 0 Å². The first kappa shape index (κ1) is 13.7. The van der Waals surface area contributed by atoms with Crippen molar-refractivity contribution in [2.75, 3.05) is 0 Å². The first-order valence-corrected chi connectivity index (χ1v) is 8.31. The molecule has 2 aromatic heterocycles. The molecule has 0 amide bonds. The van der Waals surface area contributed by atoms with Gasteiger partial charge in [-0.15, -0.1) is 11.3 Å². The van der Waals surface area contributed by atoms with E-state index < -0.39 is 0 Å². The third kappa shape index (κ3) is 3.07. The first-order chi connectivity index (χ1) is 9.86. The number of aryl methyl sites for hydroxylation is 1. The van der Waals surface area contributed by atoms with Crippen LogP contribution in [0.2, 0.25) is 0 Å². The molecular formula is C16H21N3S. The van der Waals surface area contributed by atoms with E-state index in [0.717, 1.165) is 18.0 Å². The Morgan fingerprint density at radius 3 is 2.70 bits per heavy atom. The van der Waals surface area contributed by atoms with Gasteiger partial charge in [0, 0.05) is 35.4 Å². The highest BCUT2D eigenvalue weighted by Gasteiger charge is 2.16. The smallest absolute Gasteiger partial charge is 0.124 e. The summed E-state index contributed by atoms with van der Waals surface area (Å²) in [6.45, 7) is 3.15.